The fourth-order valence-electron chi connectivity index (χ4n) is 3.60. The number of carbonyl (C=O) groups is 2. The summed E-state index contributed by atoms with van der Waals surface area (Å²) < 4.78 is 1.71. The first-order chi connectivity index (χ1) is 16.7. The number of aromatic amines is 2. The Morgan fingerprint density at radius 2 is 1.89 bits per heavy atom. The number of aromatic carboxylic acids is 1. The summed E-state index contributed by atoms with van der Waals surface area (Å²) in [5.74, 6) is -1.67. The van der Waals surface area contributed by atoms with Crippen LogP contribution in [0.3, 0.4) is 0 Å². The Labute approximate surface area is 198 Å². The van der Waals surface area contributed by atoms with Crippen LogP contribution in [-0.4, -0.2) is 36.7 Å². The monoisotopic (exact) mass is 474 g/mol. The molecule has 0 fully saturated rings. The molecule has 0 aliphatic carbocycles. The lowest BCUT2D eigenvalue weighted by molar-refractivity contribution is 0.0696. The number of carboxylic acids is 1. The van der Waals surface area contributed by atoms with Crippen molar-refractivity contribution in [3.05, 3.63) is 104 Å². The highest BCUT2D eigenvalue weighted by molar-refractivity contribution is 5.97. The van der Waals surface area contributed by atoms with Gasteiger partial charge in [-0.2, -0.15) is 5.10 Å². The van der Waals surface area contributed by atoms with Gasteiger partial charge in [-0.3, -0.25) is 19.3 Å². The fourth-order valence-corrected chi connectivity index (χ4v) is 3.60. The van der Waals surface area contributed by atoms with Crippen molar-refractivity contribution in [2.45, 2.75) is 19.5 Å². The number of carboxylic acid groups (broad SMARTS) is 1. The third-order valence-corrected chi connectivity index (χ3v) is 5.43. The van der Waals surface area contributed by atoms with E-state index in [9.17, 15) is 24.3 Å². The molecule has 1 unspecified atom stereocenters. The predicted octanol–water partition coefficient (Wildman–Crippen LogP) is 1.75. The Bertz CT molecular complexity index is 1530. The van der Waals surface area contributed by atoms with E-state index in [0.717, 1.165) is 22.3 Å². The second-order valence-corrected chi connectivity index (χ2v) is 7.95. The Morgan fingerprint density at radius 3 is 2.66 bits per heavy atom. The summed E-state index contributed by atoms with van der Waals surface area (Å²) in [7, 11) is 0. The molecular formula is C24H22N6O5. The van der Waals surface area contributed by atoms with Gasteiger partial charge in [0.2, 0.25) is 0 Å². The Morgan fingerprint density at radius 1 is 1.11 bits per heavy atom. The van der Waals surface area contributed by atoms with Crippen LogP contribution in [0.1, 0.15) is 44.9 Å². The smallest absolute Gasteiger partial charge is 0.335 e. The normalized spacial score (nSPS) is 11.7. The zero-order valence-electron chi connectivity index (χ0n) is 18.6. The van der Waals surface area contributed by atoms with E-state index in [1.807, 2.05) is 41.5 Å². The summed E-state index contributed by atoms with van der Waals surface area (Å²) in [5.41, 5.74) is 6.81. The minimum Gasteiger partial charge on any atom is -0.478 e. The minimum absolute atomic E-state index is 0.213. The molecule has 0 saturated carbocycles. The van der Waals surface area contributed by atoms with Crippen LogP contribution in [0.25, 0.3) is 11.1 Å². The second-order valence-electron chi connectivity index (χ2n) is 7.95. The highest BCUT2D eigenvalue weighted by Crippen LogP contribution is 2.23. The summed E-state index contributed by atoms with van der Waals surface area (Å²) in [6.45, 7) is 2.17. The number of nitrogens with one attached hydrogen (secondary N) is 3. The Hall–Kier alpha value is -4.93. The van der Waals surface area contributed by atoms with Gasteiger partial charge in [-0.1, -0.05) is 30.3 Å². The van der Waals surface area contributed by atoms with E-state index >= 15 is 0 Å². The molecule has 4 aromatic rings. The standard InChI is InChI=1S/C24H22N6O5/c1-13(27-22(32)20-19(25)21(31)29-24(35)28-20)15-5-3-6-16(9-15)18-10-26-30(12-18)11-14-4-2-7-17(8-14)23(33)34/h2-10,12-13H,11,25H2,1H3,(H,27,32)(H,33,34)(H2,28,29,31,35). The number of nitrogen functional groups attached to an aromatic ring is 1. The molecule has 0 radical (unpaired) electrons. The molecule has 4 rings (SSSR count). The van der Waals surface area contributed by atoms with E-state index in [2.05, 4.69) is 15.4 Å². The first kappa shape index (κ1) is 23.2. The van der Waals surface area contributed by atoms with Crippen molar-refractivity contribution >= 4 is 17.6 Å². The second kappa shape index (κ2) is 9.51. The average Bonchev–Trinajstić information content (AvgIpc) is 3.30. The van der Waals surface area contributed by atoms with Gasteiger partial charge in [0, 0.05) is 11.8 Å². The van der Waals surface area contributed by atoms with Gasteiger partial charge in [-0.25, -0.2) is 9.59 Å². The van der Waals surface area contributed by atoms with Gasteiger partial charge in [-0.15, -0.1) is 0 Å². The maximum Gasteiger partial charge on any atom is 0.335 e. The third-order valence-electron chi connectivity index (χ3n) is 5.43. The number of H-pyrrole nitrogens is 2. The minimum atomic E-state index is -0.987. The lowest BCUT2D eigenvalue weighted by Crippen LogP contribution is -2.34. The van der Waals surface area contributed by atoms with E-state index in [-0.39, 0.29) is 16.9 Å². The lowest BCUT2D eigenvalue weighted by Gasteiger charge is -2.15. The van der Waals surface area contributed by atoms with E-state index in [0.29, 0.717) is 6.54 Å². The zero-order valence-corrected chi connectivity index (χ0v) is 18.6. The third kappa shape index (κ3) is 5.19. The topological polar surface area (TPSA) is 176 Å². The number of hydrogen-bond acceptors (Lipinski definition) is 6. The molecule has 2 heterocycles. The number of benzene rings is 2. The molecule has 35 heavy (non-hydrogen) atoms. The molecule has 2 aromatic carbocycles. The molecule has 2 aromatic heterocycles. The van der Waals surface area contributed by atoms with Gasteiger partial charge in [0.25, 0.3) is 11.5 Å². The summed E-state index contributed by atoms with van der Waals surface area (Å²) >= 11 is 0. The molecular weight excluding hydrogens is 452 g/mol. The Balaban J connectivity index is 1.50. The SMILES string of the molecule is CC(NC(=O)c1[nH]c(=O)[nH]c(=O)c1N)c1cccc(-c2cnn(Cc3cccc(C(=O)O)c3)c2)c1. The molecule has 178 valence electrons. The van der Waals surface area contributed by atoms with Gasteiger partial charge in [0.15, 0.2) is 0 Å². The van der Waals surface area contributed by atoms with E-state index in [4.69, 9.17) is 5.73 Å². The number of nitrogens with two attached hydrogens (primary N) is 1. The lowest BCUT2D eigenvalue weighted by atomic mass is 10.0. The summed E-state index contributed by atoms with van der Waals surface area (Å²) in [6.07, 6.45) is 3.54. The predicted molar refractivity (Wildman–Crippen MR) is 128 cm³/mol. The van der Waals surface area contributed by atoms with Gasteiger partial charge in [0.05, 0.1) is 24.3 Å². The zero-order chi connectivity index (χ0) is 25.1. The molecule has 1 atom stereocenters. The first-order valence-electron chi connectivity index (χ1n) is 10.6. The molecule has 11 nitrogen and oxygen atoms in total. The molecule has 0 spiro atoms. The molecule has 0 aliphatic heterocycles. The van der Waals surface area contributed by atoms with Crippen molar-refractivity contribution in [2.24, 2.45) is 0 Å². The van der Waals surface area contributed by atoms with Crippen molar-refractivity contribution in [3.63, 3.8) is 0 Å². The van der Waals surface area contributed by atoms with Crippen LogP contribution >= 0.6 is 0 Å². The number of anilines is 1. The summed E-state index contributed by atoms with van der Waals surface area (Å²) in [5, 5.41) is 16.3. The molecule has 0 aliphatic rings. The maximum atomic E-state index is 12.6. The van der Waals surface area contributed by atoms with E-state index in [1.54, 1.807) is 29.9 Å². The van der Waals surface area contributed by atoms with E-state index in [1.165, 1.54) is 6.07 Å². The highest BCUT2D eigenvalue weighted by Gasteiger charge is 2.17. The number of nitrogens with zero attached hydrogens (tertiary/aromatic N) is 2. The van der Waals surface area contributed by atoms with Gasteiger partial charge in [0.1, 0.15) is 11.4 Å². The average molecular weight is 474 g/mol. The number of aromatic nitrogens is 4. The van der Waals surface area contributed by atoms with Crippen molar-refractivity contribution in [1.82, 2.24) is 25.1 Å². The number of rotatable bonds is 7. The van der Waals surface area contributed by atoms with Crippen LogP contribution in [0.4, 0.5) is 5.69 Å². The fraction of sp³-hybridized carbons (Fsp3) is 0.125. The van der Waals surface area contributed by atoms with Gasteiger partial charge >= 0.3 is 11.7 Å². The summed E-state index contributed by atoms with van der Waals surface area (Å²) in [4.78, 5) is 51.2. The quantitative estimate of drug-likeness (QED) is 0.271. The van der Waals surface area contributed by atoms with Crippen molar-refractivity contribution < 1.29 is 14.7 Å². The van der Waals surface area contributed by atoms with Crippen LogP contribution in [0, 0.1) is 0 Å². The molecule has 6 N–H and O–H groups in total. The van der Waals surface area contributed by atoms with Gasteiger partial charge in [-0.05, 0) is 41.8 Å². The van der Waals surface area contributed by atoms with Crippen LogP contribution in [0.2, 0.25) is 0 Å². The molecule has 1 amide bonds. The van der Waals surface area contributed by atoms with Crippen LogP contribution in [0.5, 0.6) is 0 Å². The van der Waals surface area contributed by atoms with E-state index < -0.39 is 29.2 Å². The maximum absolute atomic E-state index is 12.6. The number of amides is 1. The highest BCUT2D eigenvalue weighted by atomic mass is 16.4. The first-order valence-corrected chi connectivity index (χ1v) is 10.6. The Kier molecular flexibility index (Phi) is 6.32. The van der Waals surface area contributed by atoms with Crippen molar-refractivity contribution in [1.29, 1.82) is 0 Å². The van der Waals surface area contributed by atoms with Crippen LogP contribution in [0.15, 0.2) is 70.5 Å². The van der Waals surface area contributed by atoms with Crippen LogP contribution in [-0.2, 0) is 6.54 Å². The van der Waals surface area contributed by atoms with Crippen molar-refractivity contribution in [2.75, 3.05) is 5.73 Å². The molecule has 0 saturated heterocycles. The molecule has 0 bridgehead atoms. The number of carbonyl (C=O) groups excluding carboxylic acids is 1. The largest absolute Gasteiger partial charge is 0.478 e. The number of hydrogen-bond donors (Lipinski definition) is 5. The van der Waals surface area contributed by atoms with Gasteiger partial charge < -0.3 is 21.1 Å². The molecule has 11 heteroatoms. The van der Waals surface area contributed by atoms with Crippen LogP contribution < -0.4 is 22.3 Å². The van der Waals surface area contributed by atoms with Crippen molar-refractivity contribution in [3.8, 4) is 11.1 Å². The summed E-state index contributed by atoms with van der Waals surface area (Å²) in [6, 6.07) is 13.7.